The number of hydrogen-bond donors (Lipinski definition) is 0. The molecular weight excluding hydrogens is 434 g/mol. The normalized spacial score (nSPS) is 17.0. The number of pyridine rings is 1. The summed E-state index contributed by atoms with van der Waals surface area (Å²) in [6.45, 7) is 4.17. The second kappa shape index (κ2) is 8.99. The van der Waals surface area contributed by atoms with Crippen LogP contribution in [-0.4, -0.2) is 52.8 Å². The van der Waals surface area contributed by atoms with Crippen LogP contribution < -0.4 is 0 Å². The highest BCUT2D eigenvalue weighted by Crippen LogP contribution is 2.38. The molecule has 5 nitrogen and oxygen atoms in total. The zero-order valence-electron chi connectivity index (χ0n) is 18.7. The van der Waals surface area contributed by atoms with Gasteiger partial charge in [-0.25, -0.2) is 4.98 Å². The van der Waals surface area contributed by atoms with Crippen LogP contribution in [0.15, 0.2) is 48.5 Å². The fourth-order valence-corrected chi connectivity index (χ4v) is 4.95. The van der Waals surface area contributed by atoms with Crippen LogP contribution in [-0.2, 0) is 11.2 Å². The van der Waals surface area contributed by atoms with Crippen molar-refractivity contribution in [1.29, 1.82) is 0 Å². The number of rotatable bonds is 3. The third-order valence-electron chi connectivity index (χ3n) is 6.59. The second-order valence-electron chi connectivity index (χ2n) is 8.58. The summed E-state index contributed by atoms with van der Waals surface area (Å²) < 4.78 is 0. The third-order valence-corrected chi connectivity index (χ3v) is 6.84. The Balaban J connectivity index is 1.53. The predicted molar refractivity (Wildman–Crippen MR) is 132 cm³/mol. The molecule has 2 amide bonds. The molecule has 168 valence electrons. The molecule has 0 spiro atoms. The zero-order valence-corrected chi connectivity index (χ0v) is 19.4. The molecule has 1 aliphatic carbocycles. The molecule has 0 saturated carbocycles. The second-order valence-corrected chi connectivity index (χ2v) is 9.02. The third kappa shape index (κ3) is 4.13. The number of hydrogen-bond acceptors (Lipinski definition) is 3. The molecule has 1 fully saturated rings. The largest absolute Gasteiger partial charge is 0.339 e. The van der Waals surface area contributed by atoms with E-state index in [0.29, 0.717) is 37.6 Å². The molecule has 2 heterocycles. The number of aromatic nitrogens is 1. The van der Waals surface area contributed by atoms with E-state index in [1.54, 1.807) is 0 Å². The Kier molecular flexibility index (Phi) is 5.90. The lowest BCUT2D eigenvalue weighted by molar-refractivity contribution is -0.132. The van der Waals surface area contributed by atoms with Crippen LogP contribution in [0.4, 0.5) is 0 Å². The number of fused-ring (bicyclic) bond motifs is 2. The molecule has 1 aliphatic heterocycles. The maximum atomic E-state index is 13.8. The minimum atomic E-state index is 0.0428. The van der Waals surface area contributed by atoms with Crippen molar-refractivity contribution in [2.24, 2.45) is 0 Å². The summed E-state index contributed by atoms with van der Waals surface area (Å²) in [5.74, 6) is 0.190. The number of carbonyl (C=O) groups is 2. The predicted octanol–water partition coefficient (Wildman–Crippen LogP) is 5.07. The summed E-state index contributed by atoms with van der Waals surface area (Å²) in [5, 5.41) is 1.61. The van der Waals surface area contributed by atoms with E-state index >= 15 is 0 Å². The Bertz CT molecular complexity index is 1260. The van der Waals surface area contributed by atoms with Crippen LogP contribution >= 0.6 is 11.6 Å². The summed E-state index contributed by atoms with van der Waals surface area (Å²) in [4.78, 5) is 34.5. The standard InChI is InChI=1S/C27H26ClN3O2/c1-2-24(32)30-13-15-31(16-14-30)27(33)25-21-5-3-4-6-23(21)29-26-19(9-12-22(25)26)17-18-7-10-20(28)11-8-18/h3-8,10-11,17H,2,9,12-16H2,1H3/b19-17+. The van der Waals surface area contributed by atoms with Gasteiger partial charge in [0, 0.05) is 43.0 Å². The van der Waals surface area contributed by atoms with E-state index in [4.69, 9.17) is 16.6 Å². The first kappa shape index (κ1) is 21.7. The smallest absolute Gasteiger partial charge is 0.255 e. The minimum absolute atomic E-state index is 0.0428. The molecular formula is C27H26ClN3O2. The highest BCUT2D eigenvalue weighted by molar-refractivity contribution is 6.30. The SMILES string of the molecule is CCC(=O)N1CCN(C(=O)c2c3c(nc4ccccc24)/C(=C/c2ccc(Cl)cc2)CC3)CC1. The Labute approximate surface area is 198 Å². The summed E-state index contributed by atoms with van der Waals surface area (Å²) >= 11 is 6.04. The van der Waals surface area contributed by atoms with Gasteiger partial charge < -0.3 is 9.80 Å². The Morgan fingerprint density at radius 1 is 0.970 bits per heavy atom. The van der Waals surface area contributed by atoms with Crippen LogP contribution in [0.2, 0.25) is 5.02 Å². The molecule has 2 aliphatic rings. The number of nitrogens with zero attached hydrogens (tertiary/aromatic N) is 3. The first-order valence-corrected chi connectivity index (χ1v) is 11.9. The minimum Gasteiger partial charge on any atom is -0.339 e. The maximum absolute atomic E-state index is 13.8. The van der Waals surface area contributed by atoms with E-state index in [0.717, 1.165) is 51.7 Å². The molecule has 3 aromatic rings. The van der Waals surface area contributed by atoms with Gasteiger partial charge >= 0.3 is 0 Å². The zero-order chi connectivity index (χ0) is 22.9. The van der Waals surface area contributed by atoms with Gasteiger partial charge in [0.25, 0.3) is 5.91 Å². The van der Waals surface area contributed by atoms with Crippen molar-refractivity contribution in [3.8, 4) is 0 Å². The molecule has 0 radical (unpaired) electrons. The fraction of sp³-hybridized carbons (Fsp3) is 0.296. The van der Waals surface area contributed by atoms with Gasteiger partial charge in [0.15, 0.2) is 0 Å². The van der Waals surface area contributed by atoms with Crippen LogP contribution in [0, 0.1) is 0 Å². The average molecular weight is 460 g/mol. The van der Waals surface area contributed by atoms with E-state index in [1.807, 2.05) is 65.3 Å². The van der Waals surface area contributed by atoms with Gasteiger partial charge in [0.05, 0.1) is 16.8 Å². The van der Waals surface area contributed by atoms with Gasteiger partial charge in [-0.3, -0.25) is 9.59 Å². The van der Waals surface area contributed by atoms with Gasteiger partial charge in [0.2, 0.25) is 5.91 Å². The Morgan fingerprint density at radius 2 is 1.67 bits per heavy atom. The van der Waals surface area contributed by atoms with Crippen LogP contribution in [0.5, 0.6) is 0 Å². The van der Waals surface area contributed by atoms with Gasteiger partial charge in [-0.15, -0.1) is 0 Å². The average Bonchev–Trinajstić information content (AvgIpc) is 3.25. The first-order chi connectivity index (χ1) is 16.0. The van der Waals surface area contributed by atoms with Crippen molar-refractivity contribution in [3.63, 3.8) is 0 Å². The molecule has 33 heavy (non-hydrogen) atoms. The lowest BCUT2D eigenvalue weighted by Crippen LogP contribution is -2.50. The molecule has 1 saturated heterocycles. The number of benzene rings is 2. The van der Waals surface area contributed by atoms with Gasteiger partial charge in [-0.2, -0.15) is 0 Å². The van der Waals surface area contributed by atoms with Crippen LogP contribution in [0.1, 0.15) is 46.9 Å². The first-order valence-electron chi connectivity index (χ1n) is 11.5. The van der Waals surface area contributed by atoms with Crippen molar-refractivity contribution in [1.82, 2.24) is 14.8 Å². The molecule has 2 aromatic carbocycles. The lowest BCUT2D eigenvalue weighted by Gasteiger charge is -2.35. The monoisotopic (exact) mass is 459 g/mol. The van der Waals surface area contributed by atoms with Crippen molar-refractivity contribution < 1.29 is 9.59 Å². The maximum Gasteiger partial charge on any atom is 0.255 e. The topological polar surface area (TPSA) is 53.5 Å². The van der Waals surface area contributed by atoms with E-state index in [1.165, 1.54) is 0 Å². The number of carbonyl (C=O) groups excluding carboxylic acids is 2. The molecule has 1 aromatic heterocycles. The number of allylic oxidation sites excluding steroid dienone is 1. The summed E-state index contributed by atoms with van der Waals surface area (Å²) in [6, 6.07) is 15.7. The van der Waals surface area contributed by atoms with E-state index < -0.39 is 0 Å². The fourth-order valence-electron chi connectivity index (χ4n) is 4.82. The molecule has 0 bridgehead atoms. The Hall–Kier alpha value is -3.18. The number of amides is 2. The highest BCUT2D eigenvalue weighted by Gasteiger charge is 2.31. The van der Waals surface area contributed by atoms with Crippen molar-refractivity contribution >= 4 is 46.0 Å². The number of para-hydroxylation sites is 1. The lowest BCUT2D eigenvalue weighted by atomic mass is 9.99. The van der Waals surface area contributed by atoms with Crippen molar-refractivity contribution in [3.05, 3.63) is 75.9 Å². The van der Waals surface area contributed by atoms with Gasteiger partial charge in [0.1, 0.15) is 0 Å². The molecule has 0 N–H and O–H groups in total. The van der Waals surface area contributed by atoms with Gasteiger partial charge in [-0.05, 0) is 53.8 Å². The van der Waals surface area contributed by atoms with E-state index in [2.05, 4.69) is 6.08 Å². The van der Waals surface area contributed by atoms with E-state index in [9.17, 15) is 9.59 Å². The molecule has 0 unspecified atom stereocenters. The highest BCUT2D eigenvalue weighted by atomic mass is 35.5. The van der Waals surface area contributed by atoms with E-state index in [-0.39, 0.29) is 11.8 Å². The summed E-state index contributed by atoms with van der Waals surface area (Å²) in [5.41, 5.74) is 5.78. The van der Waals surface area contributed by atoms with Crippen molar-refractivity contribution in [2.75, 3.05) is 26.2 Å². The number of piperazine rings is 1. The summed E-state index contributed by atoms with van der Waals surface area (Å²) in [6.07, 6.45) is 4.29. The Morgan fingerprint density at radius 3 is 2.39 bits per heavy atom. The van der Waals surface area contributed by atoms with Crippen LogP contribution in [0.3, 0.4) is 0 Å². The summed E-state index contributed by atoms with van der Waals surface area (Å²) in [7, 11) is 0. The molecule has 6 heteroatoms. The molecule has 5 rings (SSSR count). The van der Waals surface area contributed by atoms with Crippen molar-refractivity contribution in [2.45, 2.75) is 26.2 Å². The van der Waals surface area contributed by atoms with Gasteiger partial charge in [-0.1, -0.05) is 48.9 Å². The van der Waals surface area contributed by atoms with Crippen LogP contribution in [0.25, 0.3) is 22.6 Å². The quantitative estimate of drug-likeness (QED) is 0.549. The number of halogens is 1. The molecule has 0 atom stereocenters.